The minimum Gasteiger partial charge on any atom is -0.480 e. The van der Waals surface area contributed by atoms with Crippen LogP contribution in [0.1, 0.15) is 21.5 Å². The molecule has 0 aliphatic carbocycles. The van der Waals surface area contributed by atoms with Crippen LogP contribution >= 0.6 is 0 Å². The van der Waals surface area contributed by atoms with Gasteiger partial charge in [-0.15, -0.1) is 0 Å². The van der Waals surface area contributed by atoms with E-state index in [1.54, 1.807) is 30.3 Å². The average molecular weight is 357 g/mol. The number of hydrogen-bond donors (Lipinski definition) is 2. The van der Waals surface area contributed by atoms with Gasteiger partial charge in [-0.25, -0.2) is 14.4 Å². The number of carboxylic acid groups (broad SMARTS) is 1. The number of hydrogen-bond acceptors (Lipinski definition) is 5. The Morgan fingerprint density at radius 2 is 1.73 bits per heavy atom. The fraction of sp³-hybridized carbons (Fsp3) is 0.211. The maximum absolute atomic E-state index is 11.9. The standard InChI is InChI=1S/C19H19NO6/c1-25-18(23)15-9-5-8-14(10-15)11-16(17(21)22)20-19(24)26-12-13-6-3-2-4-7-13/h2-10,16H,11-12H2,1H3,(H,20,24)(H,21,22)/t16-/m0/s1. The third kappa shape index (κ3) is 5.62. The van der Waals surface area contributed by atoms with Crippen molar-refractivity contribution in [1.29, 1.82) is 0 Å². The van der Waals surface area contributed by atoms with Gasteiger partial charge in [-0.2, -0.15) is 0 Å². The maximum Gasteiger partial charge on any atom is 0.408 e. The lowest BCUT2D eigenvalue weighted by Crippen LogP contribution is -2.42. The van der Waals surface area contributed by atoms with Gasteiger partial charge in [0, 0.05) is 6.42 Å². The number of rotatable bonds is 7. The highest BCUT2D eigenvalue weighted by molar-refractivity contribution is 5.89. The maximum atomic E-state index is 11.9. The molecule has 0 aliphatic rings. The van der Waals surface area contributed by atoms with Gasteiger partial charge in [-0.1, -0.05) is 42.5 Å². The van der Waals surface area contributed by atoms with Crippen molar-refractivity contribution in [2.45, 2.75) is 19.1 Å². The minimum absolute atomic E-state index is 0.000600. The van der Waals surface area contributed by atoms with E-state index in [4.69, 9.17) is 4.74 Å². The second kappa shape index (κ2) is 9.22. The first kappa shape index (κ1) is 19.0. The number of nitrogens with one attached hydrogen (secondary N) is 1. The van der Waals surface area contributed by atoms with Crippen molar-refractivity contribution in [1.82, 2.24) is 5.32 Å². The molecule has 26 heavy (non-hydrogen) atoms. The van der Waals surface area contributed by atoms with Crippen LogP contribution in [0, 0.1) is 0 Å². The molecule has 0 saturated heterocycles. The third-order valence-electron chi connectivity index (χ3n) is 3.59. The van der Waals surface area contributed by atoms with Crippen LogP contribution in [0.15, 0.2) is 54.6 Å². The Balaban J connectivity index is 1.97. The summed E-state index contributed by atoms with van der Waals surface area (Å²) in [5.74, 6) is -1.72. The Morgan fingerprint density at radius 3 is 2.38 bits per heavy atom. The zero-order valence-electron chi connectivity index (χ0n) is 14.2. The van der Waals surface area contributed by atoms with Gasteiger partial charge in [0.25, 0.3) is 0 Å². The Hall–Kier alpha value is -3.35. The lowest BCUT2D eigenvalue weighted by Gasteiger charge is -2.15. The molecule has 0 aliphatic heterocycles. The van der Waals surface area contributed by atoms with Crippen LogP contribution in [0.4, 0.5) is 4.79 Å². The van der Waals surface area contributed by atoms with Crippen LogP contribution in [0.25, 0.3) is 0 Å². The van der Waals surface area contributed by atoms with Crippen molar-refractivity contribution >= 4 is 18.0 Å². The van der Waals surface area contributed by atoms with Crippen molar-refractivity contribution in [2.24, 2.45) is 0 Å². The molecule has 2 rings (SSSR count). The Bertz CT molecular complexity index is 775. The molecular formula is C19H19NO6. The molecule has 0 unspecified atom stereocenters. The lowest BCUT2D eigenvalue weighted by molar-refractivity contribution is -0.139. The fourth-order valence-corrected chi connectivity index (χ4v) is 2.29. The number of alkyl carbamates (subject to hydrolysis) is 1. The van der Waals surface area contributed by atoms with Crippen LogP contribution in [0.3, 0.4) is 0 Å². The van der Waals surface area contributed by atoms with Crippen LogP contribution in [0.5, 0.6) is 0 Å². The fourth-order valence-electron chi connectivity index (χ4n) is 2.29. The second-order valence-electron chi connectivity index (χ2n) is 5.49. The lowest BCUT2D eigenvalue weighted by atomic mass is 10.0. The van der Waals surface area contributed by atoms with Gasteiger partial charge >= 0.3 is 18.0 Å². The monoisotopic (exact) mass is 357 g/mol. The summed E-state index contributed by atoms with van der Waals surface area (Å²) in [5.41, 5.74) is 1.67. The van der Waals surface area contributed by atoms with Crippen LogP contribution in [0.2, 0.25) is 0 Å². The smallest absolute Gasteiger partial charge is 0.408 e. The number of esters is 1. The number of benzene rings is 2. The molecule has 0 bridgehead atoms. The second-order valence-corrected chi connectivity index (χ2v) is 5.49. The number of ether oxygens (including phenoxy) is 2. The molecule has 2 aromatic rings. The number of carbonyl (C=O) groups is 3. The van der Waals surface area contributed by atoms with E-state index in [1.807, 2.05) is 18.2 Å². The number of aliphatic carboxylic acids is 1. The summed E-state index contributed by atoms with van der Waals surface area (Å²) in [6, 6.07) is 14.2. The van der Waals surface area contributed by atoms with E-state index in [-0.39, 0.29) is 13.0 Å². The van der Waals surface area contributed by atoms with Gasteiger partial charge in [-0.3, -0.25) is 0 Å². The molecule has 7 heteroatoms. The normalized spacial score (nSPS) is 11.3. The van der Waals surface area contributed by atoms with Gasteiger partial charge in [0.2, 0.25) is 0 Å². The van der Waals surface area contributed by atoms with Crippen LogP contribution < -0.4 is 5.32 Å². The quantitative estimate of drug-likeness (QED) is 0.738. The van der Waals surface area contributed by atoms with E-state index in [1.165, 1.54) is 13.2 Å². The molecule has 1 amide bonds. The minimum atomic E-state index is -1.20. The number of carbonyl (C=O) groups excluding carboxylic acids is 2. The Morgan fingerprint density at radius 1 is 1.04 bits per heavy atom. The molecule has 136 valence electrons. The van der Waals surface area contributed by atoms with Crippen LogP contribution in [-0.2, 0) is 27.3 Å². The summed E-state index contributed by atoms with van der Waals surface area (Å²) in [4.78, 5) is 34.9. The van der Waals surface area contributed by atoms with Gasteiger partial charge in [-0.05, 0) is 23.3 Å². The van der Waals surface area contributed by atoms with Crippen LogP contribution in [-0.4, -0.2) is 36.3 Å². The van der Waals surface area contributed by atoms with Crippen molar-refractivity contribution in [3.05, 3.63) is 71.3 Å². The van der Waals surface area contributed by atoms with Crippen molar-refractivity contribution in [2.75, 3.05) is 7.11 Å². The predicted molar refractivity (Wildman–Crippen MR) is 92.7 cm³/mol. The molecular weight excluding hydrogens is 338 g/mol. The highest BCUT2D eigenvalue weighted by Crippen LogP contribution is 2.10. The molecule has 7 nitrogen and oxygen atoms in total. The largest absolute Gasteiger partial charge is 0.480 e. The molecule has 0 fully saturated rings. The Labute approximate surface area is 150 Å². The van der Waals surface area contributed by atoms with Gasteiger partial charge in [0.15, 0.2) is 0 Å². The van der Waals surface area contributed by atoms with Crippen molar-refractivity contribution in [3.63, 3.8) is 0 Å². The zero-order valence-corrected chi connectivity index (χ0v) is 14.2. The third-order valence-corrected chi connectivity index (χ3v) is 3.59. The van der Waals surface area contributed by atoms with Crippen molar-refractivity contribution in [3.8, 4) is 0 Å². The highest BCUT2D eigenvalue weighted by atomic mass is 16.5. The van der Waals surface area contributed by atoms with Gasteiger partial charge in [0.1, 0.15) is 12.6 Å². The molecule has 1 atom stereocenters. The topological polar surface area (TPSA) is 102 Å². The SMILES string of the molecule is COC(=O)c1cccc(C[C@H](NC(=O)OCc2ccccc2)C(=O)O)c1. The summed E-state index contributed by atoms with van der Waals surface area (Å²) in [7, 11) is 1.26. The first-order valence-corrected chi connectivity index (χ1v) is 7.87. The van der Waals surface area contributed by atoms with E-state index < -0.39 is 24.1 Å². The molecule has 0 aromatic heterocycles. The number of methoxy groups -OCH3 is 1. The van der Waals surface area contributed by atoms with E-state index in [0.29, 0.717) is 11.1 Å². The molecule has 2 N–H and O–H groups in total. The highest BCUT2D eigenvalue weighted by Gasteiger charge is 2.21. The summed E-state index contributed by atoms with van der Waals surface area (Å²) < 4.78 is 9.68. The zero-order chi connectivity index (χ0) is 18.9. The average Bonchev–Trinajstić information content (AvgIpc) is 2.66. The molecule has 0 saturated carbocycles. The number of amides is 1. The number of carboxylic acids is 1. The summed E-state index contributed by atoms with van der Waals surface area (Å²) in [6.07, 6.45) is -0.828. The van der Waals surface area contributed by atoms with Gasteiger partial charge < -0.3 is 19.9 Å². The Kier molecular flexibility index (Phi) is 6.73. The van der Waals surface area contributed by atoms with E-state index in [9.17, 15) is 19.5 Å². The molecule has 2 aromatic carbocycles. The van der Waals surface area contributed by atoms with E-state index >= 15 is 0 Å². The first-order chi connectivity index (χ1) is 12.5. The van der Waals surface area contributed by atoms with E-state index in [0.717, 1.165) is 5.56 Å². The molecule has 0 radical (unpaired) electrons. The summed E-state index contributed by atoms with van der Waals surface area (Å²) in [6.45, 7) is 0.0385. The van der Waals surface area contributed by atoms with E-state index in [2.05, 4.69) is 10.1 Å². The summed E-state index contributed by atoms with van der Waals surface area (Å²) >= 11 is 0. The van der Waals surface area contributed by atoms with Crippen molar-refractivity contribution < 1.29 is 29.0 Å². The molecule has 0 spiro atoms. The van der Waals surface area contributed by atoms with Gasteiger partial charge in [0.05, 0.1) is 12.7 Å². The summed E-state index contributed by atoms with van der Waals surface area (Å²) in [5, 5.41) is 11.7. The predicted octanol–water partition coefficient (Wildman–Crippen LogP) is 2.40. The molecule has 0 heterocycles. The first-order valence-electron chi connectivity index (χ1n) is 7.87.